The molecule has 0 fully saturated rings. The first-order valence-corrected chi connectivity index (χ1v) is 4.27. The molecule has 0 atom stereocenters. The summed E-state index contributed by atoms with van der Waals surface area (Å²) in [7, 11) is 0. The third kappa shape index (κ3) is 2.28. The highest BCUT2D eigenvalue weighted by Crippen LogP contribution is 2.11. The number of halogens is 2. The summed E-state index contributed by atoms with van der Waals surface area (Å²) in [5.74, 6) is -2.72. The minimum atomic E-state index is -1.11. The summed E-state index contributed by atoms with van der Waals surface area (Å²) in [5, 5.41) is 2.48. The van der Waals surface area contributed by atoms with Crippen molar-refractivity contribution in [2.45, 2.75) is 19.9 Å². The summed E-state index contributed by atoms with van der Waals surface area (Å²) >= 11 is 0. The molecule has 0 bridgehead atoms. The highest BCUT2D eigenvalue weighted by atomic mass is 19.2. The van der Waals surface area contributed by atoms with E-state index < -0.39 is 17.5 Å². The second-order valence-electron chi connectivity index (χ2n) is 3.23. The Balaban J connectivity index is 2.96. The van der Waals surface area contributed by atoms with Crippen LogP contribution in [-0.2, 0) is 0 Å². The van der Waals surface area contributed by atoms with Crippen LogP contribution in [0, 0.1) is 11.6 Å². The maximum absolute atomic E-state index is 13.1. The van der Waals surface area contributed by atoms with Crippen LogP contribution in [-0.4, -0.2) is 11.9 Å². The first-order valence-electron chi connectivity index (χ1n) is 4.27. The average molecular weight is 199 g/mol. The molecule has 0 aliphatic carbocycles. The van der Waals surface area contributed by atoms with E-state index in [-0.39, 0.29) is 11.6 Å². The molecule has 0 radical (unpaired) electrons. The van der Waals surface area contributed by atoms with E-state index in [0.29, 0.717) is 0 Å². The number of carbonyl (C=O) groups is 1. The summed E-state index contributed by atoms with van der Waals surface area (Å²) in [6.07, 6.45) is 0. The van der Waals surface area contributed by atoms with Gasteiger partial charge < -0.3 is 5.32 Å². The molecule has 1 amide bonds. The number of hydrogen-bond acceptors (Lipinski definition) is 1. The summed E-state index contributed by atoms with van der Waals surface area (Å²) in [6.45, 7) is 3.49. The number of amides is 1. The maximum Gasteiger partial charge on any atom is 0.254 e. The Hall–Kier alpha value is -1.45. The van der Waals surface area contributed by atoms with Gasteiger partial charge in [0.05, 0.1) is 5.56 Å². The Kier molecular flexibility index (Phi) is 3.17. The van der Waals surface area contributed by atoms with Gasteiger partial charge in [0.15, 0.2) is 11.6 Å². The molecule has 1 rings (SSSR count). The van der Waals surface area contributed by atoms with Gasteiger partial charge in [0, 0.05) is 6.04 Å². The van der Waals surface area contributed by atoms with E-state index in [2.05, 4.69) is 5.32 Å². The van der Waals surface area contributed by atoms with Crippen LogP contribution < -0.4 is 5.32 Å². The van der Waals surface area contributed by atoms with Crippen LogP contribution in [0.1, 0.15) is 24.2 Å². The Morgan fingerprint density at radius 3 is 2.57 bits per heavy atom. The number of nitrogens with one attached hydrogen (secondary N) is 1. The monoisotopic (exact) mass is 199 g/mol. The van der Waals surface area contributed by atoms with Crippen molar-refractivity contribution < 1.29 is 13.6 Å². The first kappa shape index (κ1) is 10.6. The third-order valence-corrected chi connectivity index (χ3v) is 1.62. The van der Waals surface area contributed by atoms with Crippen molar-refractivity contribution in [3.8, 4) is 0 Å². The van der Waals surface area contributed by atoms with Crippen LogP contribution in [0.3, 0.4) is 0 Å². The molecule has 2 nitrogen and oxygen atoms in total. The summed E-state index contributed by atoms with van der Waals surface area (Å²) in [5.41, 5.74) is -0.265. The Morgan fingerprint density at radius 1 is 1.36 bits per heavy atom. The first-order chi connectivity index (χ1) is 6.52. The summed E-state index contributed by atoms with van der Waals surface area (Å²) < 4.78 is 25.8. The molecule has 4 heteroatoms. The van der Waals surface area contributed by atoms with Gasteiger partial charge in [-0.3, -0.25) is 4.79 Å². The van der Waals surface area contributed by atoms with E-state index in [0.717, 1.165) is 6.07 Å². The molecular formula is C10H11F2NO. The zero-order valence-corrected chi connectivity index (χ0v) is 7.97. The lowest BCUT2D eigenvalue weighted by molar-refractivity contribution is 0.0938. The lowest BCUT2D eigenvalue weighted by Crippen LogP contribution is -2.30. The van der Waals surface area contributed by atoms with Gasteiger partial charge in [0.2, 0.25) is 0 Å². The van der Waals surface area contributed by atoms with Gasteiger partial charge in [0.1, 0.15) is 0 Å². The van der Waals surface area contributed by atoms with Crippen molar-refractivity contribution in [2.24, 2.45) is 0 Å². The molecule has 0 aromatic heterocycles. The molecular weight excluding hydrogens is 188 g/mol. The molecule has 0 heterocycles. The Bertz CT molecular complexity index is 350. The van der Waals surface area contributed by atoms with Gasteiger partial charge in [-0.1, -0.05) is 6.07 Å². The summed E-state index contributed by atoms with van der Waals surface area (Å²) in [6, 6.07) is 3.41. The van der Waals surface area contributed by atoms with Gasteiger partial charge >= 0.3 is 0 Å². The van der Waals surface area contributed by atoms with Crippen molar-refractivity contribution in [1.82, 2.24) is 5.32 Å². The van der Waals surface area contributed by atoms with Crippen molar-refractivity contribution >= 4 is 5.91 Å². The fraction of sp³-hybridized carbons (Fsp3) is 0.300. The minimum absolute atomic E-state index is 0.106. The molecule has 0 aliphatic heterocycles. The Morgan fingerprint density at radius 2 is 2.00 bits per heavy atom. The lowest BCUT2D eigenvalue weighted by Gasteiger charge is -2.08. The second-order valence-corrected chi connectivity index (χ2v) is 3.23. The fourth-order valence-electron chi connectivity index (χ4n) is 1.02. The molecule has 1 aromatic carbocycles. The van der Waals surface area contributed by atoms with Crippen LogP contribution in [0.15, 0.2) is 18.2 Å². The van der Waals surface area contributed by atoms with Crippen LogP contribution in [0.4, 0.5) is 8.78 Å². The highest BCUT2D eigenvalue weighted by Gasteiger charge is 2.14. The van der Waals surface area contributed by atoms with Gasteiger partial charge in [-0.2, -0.15) is 0 Å². The molecule has 0 spiro atoms. The van der Waals surface area contributed by atoms with E-state index in [4.69, 9.17) is 0 Å². The molecule has 76 valence electrons. The second kappa shape index (κ2) is 4.17. The van der Waals surface area contributed by atoms with Crippen molar-refractivity contribution in [3.05, 3.63) is 35.4 Å². The molecule has 1 N–H and O–H groups in total. The molecule has 0 unspecified atom stereocenters. The molecule has 0 saturated carbocycles. The summed E-state index contributed by atoms with van der Waals surface area (Å²) in [4.78, 5) is 11.3. The van der Waals surface area contributed by atoms with Gasteiger partial charge in [0.25, 0.3) is 5.91 Å². The third-order valence-electron chi connectivity index (χ3n) is 1.62. The topological polar surface area (TPSA) is 29.1 Å². The SMILES string of the molecule is CC(C)NC(=O)c1cccc(F)c1F. The predicted molar refractivity (Wildman–Crippen MR) is 49.0 cm³/mol. The maximum atomic E-state index is 13.1. The smallest absolute Gasteiger partial charge is 0.254 e. The number of rotatable bonds is 2. The molecule has 0 saturated heterocycles. The number of carbonyl (C=O) groups excluding carboxylic acids is 1. The van der Waals surface area contributed by atoms with Crippen LogP contribution in [0.25, 0.3) is 0 Å². The van der Waals surface area contributed by atoms with E-state index in [1.807, 2.05) is 0 Å². The van der Waals surface area contributed by atoms with Crippen LogP contribution in [0.2, 0.25) is 0 Å². The lowest BCUT2D eigenvalue weighted by atomic mass is 10.2. The zero-order chi connectivity index (χ0) is 10.7. The van der Waals surface area contributed by atoms with E-state index >= 15 is 0 Å². The standard InChI is InChI=1S/C10H11F2NO/c1-6(2)13-10(14)7-4-3-5-8(11)9(7)12/h3-6H,1-2H3,(H,13,14). The molecule has 0 aliphatic rings. The molecule has 14 heavy (non-hydrogen) atoms. The van der Waals surface area contributed by atoms with Gasteiger partial charge in [-0.15, -0.1) is 0 Å². The van der Waals surface area contributed by atoms with Gasteiger partial charge in [-0.05, 0) is 26.0 Å². The zero-order valence-electron chi connectivity index (χ0n) is 7.97. The Labute approximate surface area is 80.9 Å². The van der Waals surface area contributed by atoms with Crippen molar-refractivity contribution in [1.29, 1.82) is 0 Å². The van der Waals surface area contributed by atoms with Gasteiger partial charge in [-0.25, -0.2) is 8.78 Å². The van der Waals surface area contributed by atoms with E-state index in [9.17, 15) is 13.6 Å². The van der Waals surface area contributed by atoms with Crippen LogP contribution >= 0.6 is 0 Å². The number of benzene rings is 1. The molecule has 1 aromatic rings. The van der Waals surface area contributed by atoms with Crippen molar-refractivity contribution in [3.63, 3.8) is 0 Å². The fourth-order valence-corrected chi connectivity index (χ4v) is 1.02. The minimum Gasteiger partial charge on any atom is -0.350 e. The quantitative estimate of drug-likeness (QED) is 0.776. The number of hydrogen-bond donors (Lipinski definition) is 1. The largest absolute Gasteiger partial charge is 0.350 e. The van der Waals surface area contributed by atoms with E-state index in [1.54, 1.807) is 13.8 Å². The normalized spacial score (nSPS) is 10.4. The highest BCUT2D eigenvalue weighted by molar-refractivity contribution is 5.94. The van der Waals surface area contributed by atoms with Crippen molar-refractivity contribution in [2.75, 3.05) is 0 Å². The average Bonchev–Trinajstić information content (AvgIpc) is 2.08. The predicted octanol–water partition coefficient (Wildman–Crippen LogP) is 2.10. The van der Waals surface area contributed by atoms with E-state index in [1.165, 1.54) is 12.1 Å². The van der Waals surface area contributed by atoms with Crippen LogP contribution in [0.5, 0.6) is 0 Å².